The van der Waals surface area contributed by atoms with Crippen LogP contribution in [-0.4, -0.2) is 58.9 Å². The van der Waals surface area contributed by atoms with E-state index in [2.05, 4.69) is 66.3 Å². The van der Waals surface area contributed by atoms with Crippen LogP contribution >= 0.6 is 0 Å². The molecule has 1 aliphatic heterocycles. The third-order valence-electron chi connectivity index (χ3n) is 7.36. The second kappa shape index (κ2) is 9.59. The molecule has 1 fully saturated rings. The van der Waals surface area contributed by atoms with E-state index in [1.165, 1.54) is 16.5 Å². The molecule has 1 N–H and O–H groups in total. The van der Waals surface area contributed by atoms with Gasteiger partial charge >= 0.3 is 0 Å². The molecule has 0 spiro atoms. The second-order valence-corrected chi connectivity index (χ2v) is 9.81. The monoisotopic (exact) mass is 454 g/mol. The normalized spacial score (nSPS) is 15.3. The topological polar surface area (TPSA) is 52.2 Å². The number of hydrogen-bond acceptors (Lipinski definition) is 3. The van der Waals surface area contributed by atoms with Crippen molar-refractivity contribution in [3.05, 3.63) is 65.7 Å². The molecule has 4 aromatic rings. The molecule has 0 radical (unpaired) electrons. The minimum atomic E-state index is 0.260. The van der Waals surface area contributed by atoms with Crippen molar-refractivity contribution in [1.29, 1.82) is 0 Å². The SMILES string of the molecule is Cc1ccc2[nH]c(-c3ccc4ccccc4n3)c(CCCC(=O)N(C)C3CCN(C)CC3)c2c1. The minimum Gasteiger partial charge on any atom is -0.353 e. The number of aromatic nitrogens is 2. The number of pyridine rings is 1. The van der Waals surface area contributed by atoms with Crippen LogP contribution in [0.15, 0.2) is 54.6 Å². The van der Waals surface area contributed by atoms with E-state index in [4.69, 9.17) is 4.98 Å². The van der Waals surface area contributed by atoms with Gasteiger partial charge < -0.3 is 14.8 Å². The molecule has 0 saturated carbocycles. The number of hydrogen-bond donors (Lipinski definition) is 1. The maximum absolute atomic E-state index is 13.0. The van der Waals surface area contributed by atoms with Crippen LogP contribution < -0.4 is 0 Å². The Hall–Kier alpha value is -3.18. The standard InChI is InChI=1S/C29H34N4O/c1-20-11-13-26-24(19-20)23(8-6-10-28(34)33(3)22-15-17-32(2)18-16-22)29(31-26)27-14-12-21-7-4-5-9-25(21)30-27/h4-5,7,9,11-14,19,22,31H,6,8,10,15-18H2,1-3H3. The van der Waals surface area contributed by atoms with Crippen molar-refractivity contribution in [1.82, 2.24) is 19.8 Å². The van der Waals surface area contributed by atoms with Crippen molar-refractivity contribution < 1.29 is 4.79 Å². The zero-order valence-corrected chi connectivity index (χ0v) is 20.5. The van der Waals surface area contributed by atoms with Crippen molar-refractivity contribution >= 4 is 27.7 Å². The number of carbonyl (C=O) groups is 1. The highest BCUT2D eigenvalue weighted by Gasteiger charge is 2.24. The fourth-order valence-corrected chi connectivity index (χ4v) is 5.22. The Balaban J connectivity index is 1.37. The number of aryl methyl sites for hydroxylation is 2. The van der Waals surface area contributed by atoms with Gasteiger partial charge in [0, 0.05) is 35.8 Å². The molecular formula is C29H34N4O. The fraction of sp³-hybridized carbons (Fsp3) is 0.379. The molecule has 1 saturated heterocycles. The van der Waals surface area contributed by atoms with Gasteiger partial charge in [-0.05, 0) is 82.6 Å². The van der Waals surface area contributed by atoms with Gasteiger partial charge in [0.05, 0.1) is 16.9 Å². The molecule has 2 aromatic carbocycles. The van der Waals surface area contributed by atoms with Gasteiger partial charge in [0.15, 0.2) is 0 Å². The molecule has 5 nitrogen and oxygen atoms in total. The zero-order chi connectivity index (χ0) is 23.7. The first-order valence-electron chi connectivity index (χ1n) is 12.4. The van der Waals surface area contributed by atoms with Crippen LogP contribution in [-0.2, 0) is 11.2 Å². The summed E-state index contributed by atoms with van der Waals surface area (Å²) in [7, 11) is 4.14. The lowest BCUT2D eigenvalue weighted by Crippen LogP contribution is -2.44. The van der Waals surface area contributed by atoms with Crippen molar-refractivity contribution in [2.24, 2.45) is 0 Å². The average Bonchev–Trinajstić information content (AvgIpc) is 3.21. The van der Waals surface area contributed by atoms with Crippen LogP contribution in [0, 0.1) is 6.92 Å². The lowest BCUT2D eigenvalue weighted by atomic mass is 10.00. The first-order chi connectivity index (χ1) is 16.5. The van der Waals surface area contributed by atoms with E-state index in [1.54, 1.807) is 0 Å². The van der Waals surface area contributed by atoms with Crippen molar-refractivity contribution in [2.45, 2.75) is 45.1 Å². The summed E-state index contributed by atoms with van der Waals surface area (Å²) in [4.78, 5) is 25.9. The van der Waals surface area contributed by atoms with Gasteiger partial charge in [0.25, 0.3) is 0 Å². The predicted octanol–water partition coefficient (Wildman–Crippen LogP) is 5.57. The Kier molecular flexibility index (Phi) is 6.38. The zero-order valence-electron chi connectivity index (χ0n) is 20.5. The number of fused-ring (bicyclic) bond motifs is 2. The molecule has 5 heteroatoms. The summed E-state index contributed by atoms with van der Waals surface area (Å²) in [5.41, 5.74) is 6.65. The lowest BCUT2D eigenvalue weighted by molar-refractivity contribution is -0.132. The van der Waals surface area contributed by atoms with Crippen molar-refractivity contribution in [3.63, 3.8) is 0 Å². The quantitative estimate of drug-likeness (QED) is 0.415. The van der Waals surface area contributed by atoms with E-state index in [-0.39, 0.29) is 5.91 Å². The molecule has 0 unspecified atom stereocenters. The number of carbonyl (C=O) groups excluding carboxylic acids is 1. The van der Waals surface area contributed by atoms with Gasteiger partial charge in [-0.1, -0.05) is 35.9 Å². The number of piperidine rings is 1. The molecule has 0 aliphatic carbocycles. The molecular weight excluding hydrogens is 420 g/mol. The van der Waals surface area contributed by atoms with Crippen LogP contribution in [0.5, 0.6) is 0 Å². The van der Waals surface area contributed by atoms with Crippen molar-refractivity contribution in [2.75, 3.05) is 27.2 Å². The Labute approximate surface area is 201 Å². The number of amides is 1. The molecule has 2 aromatic heterocycles. The highest BCUT2D eigenvalue weighted by Crippen LogP contribution is 2.32. The molecule has 1 aliphatic rings. The summed E-state index contributed by atoms with van der Waals surface area (Å²) in [5.74, 6) is 0.260. The second-order valence-electron chi connectivity index (χ2n) is 9.81. The maximum atomic E-state index is 13.0. The third-order valence-corrected chi connectivity index (χ3v) is 7.36. The van der Waals surface area contributed by atoms with E-state index in [0.717, 1.165) is 66.6 Å². The Morgan fingerprint density at radius 2 is 1.91 bits per heavy atom. The number of rotatable bonds is 6. The molecule has 176 valence electrons. The minimum absolute atomic E-state index is 0.260. The summed E-state index contributed by atoms with van der Waals surface area (Å²) in [5, 5.41) is 2.38. The van der Waals surface area contributed by atoms with Crippen LogP contribution in [0.3, 0.4) is 0 Å². The summed E-state index contributed by atoms with van der Waals surface area (Å²) < 4.78 is 0. The van der Waals surface area contributed by atoms with Gasteiger partial charge in [-0.3, -0.25) is 4.79 Å². The number of likely N-dealkylation sites (tertiary alicyclic amines) is 1. The van der Waals surface area contributed by atoms with E-state index in [0.29, 0.717) is 12.5 Å². The largest absolute Gasteiger partial charge is 0.353 e. The molecule has 3 heterocycles. The smallest absolute Gasteiger partial charge is 0.222 e. The number of nitrogens with one attached hydrogen (secondary N) is 1. The highest BCUT2D eigenvalue weighted by atomic mass is 16.2. The van der Waals surface area contributed by atoms with Crippen molar-refractivity contribution in [3.8, 4) is 11.4 Å². The summed E-state index contributed by atoms with van der Waals surface area (Å²) >= 11 is 0. The number of nitrogens with zero attached hydrogens (tertiary/aromatic N) is 3. The Bertz CT molecular complexity index is 1320. The maximum Gasteiger partial charge on any atom is 0.222 e. The van der Waals surface area contributed by atoms with E-state index in [1.807, 2.05) is 24.1 Å². The van der Waals surface area contributed by atoms with E-state index in [9.17, 15) is 4.79 Å². The predicted molar refractivity (Wildman–Crippen MR) is 140 cm³/mol. The van der Waals surface area contributed by atoms with Crippen LogP contribution in [0.2, 0.25) is 0 Å². The van der Waals surface area contributed by atoms with Crippen LogP contribution in [0.25, 0.3) is 33.2 Å². The van der Waals surface area contributed by atoms with Crippen LogP contribution in [0.4, 0.5) is 0 Å². The van der Waals surface area contributed by atoms with Gasteiger partial charge in [-0.2, -0.15) is 0 Å². The molecule has 0 atom stereocenters. The number of para-hydroxylation sites is 1. The fourth-order valence-electron chi connectivity index (χ4n) is 5.22. The van der Waals surface area contributed by atoms with Gasteiger partial charge in [0.2, 0.25) is 5.91 Å². The Morgan fingerprint density at radius 1 is 1.12 bits per heavy atom. The summed E-state index contributed by atoms with van der Waals surface area (Å²) in [6, 6.07) is 19.4. The van der Waals surface area contributed by atoms with Gasteiger partial charge in [-0.15, -0.1) is 0 Å². The van der Waals surface area contributed by atoms with E-state index >= 15 is 0 Å². The molecule has 1 amide bonds. The van der Waals surface area contributed by atoms with Gasteiger partial charge in [0.1, 0.15) is 0 Å². The first kappa shape index (κ1) is 22.6. The number of benzene rings is 2. The summed E-state index contributed by atoms with van der Waals surface area (Å²) in [6.45, 7) is 4.27. The van der Waals surface area contributed by atoms with Gasteiger partial charge in [-0.25, -0.2) is 4.98 Å². The first-order valence-corrected chi connectivity index (χ1v) is 12.4. The van der Waals surface area contributed by atoms with E-state index < -0.39 is 0 Å². The molecule has 34 heavy (non-hydrogen) atoms. The summed E-state index contributed by atoms with van der Waals surface area (Å²) in [6.07, 6.45) is 4.39. The number of H-pyrrole nitrogens is 1. The van der Waals surface area contributed by atoms with Crippen LogP contribution in [0.1, 0.15) is 36.8 Å². The third kappa shape index (κ3) is 4.58. The molecule has 0 bridgehead atoms. The average molecular weight is 455 g/mol. The number of aromatic amines is 1. The highest BCUT2D eigenvalue weighted by molar-refractivity contribution is 5.92. The Morgan fingerprint density at radius 3 is 2.74 bits per heavy atom. The molecule has 5 rings (SSSR count). The lowest BCUT2D eigenvalue weighted by Gasteiger charge is -2.35.